The fraction of sp³-hybridized carbons (Fsp3) is 0.400. The molecule has 0 saturated carbocycles. The molecule has 0 spiro atoms. The summed E-state index contributed by atoms with van der Waals surface area (Å²) in [7, 11) is 0. The molecule has 1 amide bonds. The topological polar surface area (TPSA) is 51.0 Å². The van der Waals surface area contributed by atoms with Gasteiger partial charge in [-0.25, -0.2) is 0 Å². The Labute approximate surface area is 118 Å². The highest BCUT2D eigenvalue weighted by molar-refractivity contribution is 5.95. The van der Waals surface area contributed by atoms with Crippen molar-refractivity contribution in [2.45, 2.75) is 26.8 Å². The van der Waals surface area contributed by atoms with Gasteiger partial charge in [0.1, 0.15) is 11.6 Å². The normalized spacial score (nSPS) is 14.8. The molecule has 2 heterocycles. The Morgan fingerprint density at radius 2 is 1.90 bits per heavy atom. The molecule has 5 heteroatoms. The van der Waals surface area contributed by atoms with Crippen molar-refractivity contribution >= 4 is 5.91 Å². The van der Waals surface area contributed by atoms with Crippen molar-refractivity contribution in [3.63, 3.8) is 0 Å². The third-order valence-electron chi connectivity index (χ3n) is 3.87. The van der Waals surface area contributed by atoms with Gasteiger partial charge in [0.2, 0.25) is 0 Å². The number of hydrogen-bond acceptors (Lipinski definition) is 3. The van der Waals surface area contributed by atoms with Crippen LogP contribution in [0.2, 0.25) is 0 Å². The standard InChI is InChI=1S/C15H18N4O/c1-11-5-3-4-6-13(11)15(20)18-8-7-14-17-16-12(2)19(14)10-9-18/h3-6H,7-10H2,1-2H3. The van der Waals surface area contributed by atoms with E-state index in [1.165, 1.54) is 0 Å². The first kappa shape index (κ1) is 12.8. The van der Waals surface area contributed by atoms with Gasteiger partial charge < -0.3 is 9.47 Å². The minimum absolute atomic E-state index is 0.111. The molecular weight excluding hydrogens is 252 g/mol. The Kier molecular flexibility index (Phi) is 3.26. The quantitative estimate of drug-likeness (QED) is 0.790. The average molecular weight is 270 g/mol. The molecule has 0 fully saturated rings. The van der Waals surface area contributed by atoms with Crippen LogP contribution in [0.3, 0.4) is 0 Å². The lowest BCUT2D eigenvalue weighted by atomic mass is 10.1. The summed E-state index contributed by atoms with van der Waals surface area (Å²) in [6.45, 7) is 6.11. The number of carbonyl (C=O) groups excluding carboxylic acids is 1. The minimum atomic E-state index is 0.111. The molecule has 20 heavy (non-hydrogen) atoms. The number of fused-ring (bicyclic) bond motifs is 1. The summed E-state index contributed by atoms with van der Waals surface area (Å²) in [6, 6.07) is 7.74. The van der Waals surface area contributed by atoms with Crippen LogP contribution in [0.25, 0.3) is 0 Å². The Morgan fingerprint density at radius 3 is 2.70 bits per heavy atom. The number of nitrogens with zero attached hydrogens (tertiary/aromatic N) is 4. The second-order valence-corrected chi connectivity index (χ2v) is 5.17. The van der Waals surface area contributed by atoms with Gasteiger partial charge in [-0.2, -0.15) is 0 Å². The average Bonchev–Trinajstić information content (AvgIpc) is 2.68. The zero-order chi connectivity index (χ0) is 14.1. The molecule has 0 atom stereocenters. The van der Waals surface area contributed by atoms with Gasteiger partial charge in [-0.05, 0) is 25.5 Å². The smallest absolute Gasteiger partial charge is 0.254 e. The van der Waals surface area contributed by atoms with Gasteiger partial charge in [-0.1, -0.05) is 18.2 Å². The Morgan fingerprint density at radius 1 is 1.10 bits per heavy atom. The van der Waals surface area contributed by atoms with E-state index < -0.39 is 0 Å². The van der Waals surface area contributed by atoms with Gasteiger partial charge in [0.15, 0.2) is 0 Å². The lowest BCUT2D eigenvalue weighted by Gasteiger charge is -2.21. The van der Waals surface area contributed by atoms with Crippen LogP contribution in [0.4, 0.5) is 0 Å². The van der Waals surface area contributed by atoms with Gasteiger partial charge in [-0.3, -0.25) is 4.79 Å². The second-order valence-electron chi connectivity index (χ2n) is 5.17. The van der Waals surface area contributed by atoms with Crippen molar-refractivity contribution < 1.29 is 4.79 Å². The number of amides is 1. The third kappa shape index (κ3) is 2.19. The molecule has 0 radical (unpaired) electrons. The molecule has 0 aliphatic carbocycles. The number of benzene rings is 1. The molecule has 1 aromatic heterocycles. The van der Waals surface area contributed by atoms with Gasteiger partial charge in [0.25, 0.3) is 5.91 Å². The van der Waals surface area contributed by atoms with Crippen LogP contribution in [0.1, 0.15) is 27.6 Å². The van der Waals surface area contributed by atoms with Crippen LogP contribution in [0, 0.1) is 13.8 Å². The van der Waals surface area contributed by atoms with Crippen LogP contribution >= 0.6 is 0 Å². The number of hydrogen-bond donors (Lipinski definition) is 0. The number of aromatic nitrogens is 3. The summed E-state index contributed by atoms with van der Waals surface area (Å²) in [4.78, 5) is 14.5. The molecule has 2 aromatic rings. The van der Waals surface area contributed by atoms with Gasteiger partial charge in [-0.15, -0.1) is 10.2 Å². The number of rotatable bonds is 1. The van der Waals surface area contributed by atoms with Gasteiger partial charge in [0, 0.05) is 31.6 Å². The first-order chi connectivity index (χ1) is 9.66. The maximum atomic E-state index is 12.6. The second kappa shape index (κ2) is 5.07. The largest absolute Gasteiger partial charge is 0.336 e. The molecule has 1 aromatic carbocycles. The van der Waals surface area contributed by atoms with Crippen molar-refractivity contribution in [2.75, 3.05) is 13.1 Å². The van der Waals surface area contributed by atoms with E-state index in [1.54, 1.807) is 0 Å². The van der Waals surface area contributed by atoms with Crippen molar-refractivity contribution in [1.82, 2.24) is 19.7 Å². The monoisotopic (exact) mass is 270 g/mol. The summed E-state index contributed by atoms with van der Waals surface area (Å²) in [5.74, 6) is 2.01. The molecule has 0 unspecified atom stereocenters. The van der Waals surface area contributed by atoms with Crippen LogP contribution in [-0.2, 0) is 13.0 Å². The molecule has 0 saturated heterocycles. The summed E-state index contributed by atoms with van der Waals surface area (Å²) in [5, 5.41) is 8.27. The number of carbonyl (C=O) groups is 1. The summed E-state index contributed by atoms with van der Waals surface area (Å²) in [5.41, 5.74) is 1.82. The van der Waals surface area contributed by atoms with Crippen molar-refractivity contribution in [1.29, 1.82) is 0 Å². The van der Waals surface area contributed by atoms with Gasteiger partial charge in [0.05, 0.1) is 0 Å². The summed E-state index contributed by atoms with van der Waals surface area (Å²) < 4.78 is 2.10. The van der Waals surface area contributed by atoms with Crippen molar-refractivity contribution in [3.8, 4) is 0 Å². The molecule has 0 bridgehead atoms. The predicted octanol–water partition coefficient (Wildman–Crippen LogP) is 1.59. The Balaban J connectivity index is 1.80. The van der Waals surface area contributed by atoms with Crippen LogP contribution < -0.4 is 0 Å². The zero-order valence-corrected chi connectivity index (χ0v) is 11.8. The first-order valence-electron chi connectivity index (χ1n) is 6.90. The van der Waals surface area contributed by atoms with Crippen molar-refractivity contribution in [2.24, 2.45) is 0 Å². The van der Waals surface area contributed by atoms with Crippen LogP contribution in [-0.4, -0.2) is 38.7 Å². The molecule has 1 aliphatic heterocycles. The fourth-order valence-corrected chi connectivity index (χ4v) is 2.65. The highest BCUT2D eigenvalue weighted by Crippen LogP contribution is 2.14. The minimum Gasteiger partial charge on any atom is -0.336 e. The lowest BCUT2D eigenvalue weighted by molar-refractivity contribution is 0.0758. The molecule has 104 valence electrons. The van der Waals surface area contributed by atoms with Crippen LogP contribution in [0.5, 0.6) is 0 Å². The Bertz CT molecular complexity index is 647. The third-order valence-corrected chi connectivity index (χ3v) is 3.87. The first-order valence-corrected chi connectivity index (χ1v) is 6.90. The van der Waals surface area contributed by atoms with E-state index in [0.717, 1.165) is 35.7 Å². The maximum Gasteiger partial charge on any atom is 0.254 e. The molecule has 3 rings (SSSR count). The van der Waals surface area contributed by atoms with Gasteiger partial charge >= 0.3 is 0 Å². The van der Waals surface area contributed by atoms with Crippen molar-refractivity contribution in [3.05, 3.63) is 47.0 Å². The summed E-state index contributed by atoms with van der Waals surface area (Å²) in [6.07, 6.45) is 0.762. The number of aryl methyl sites for hydroxylation is 2. The van der Waals surface area contributed by atoms with E-state index in [0.29, 0.717) is 13.1 Å². The van der Waals surface area contributed by atoms with E-state index in [4.69, 9.17) is 0 Å². The molecule has 1 aliphatic rings. The Hall–Kier alpha value is -2.17. The fourth-order valence-electron chi connectivity index (χ4n) is 2.65. The van der Waals surface area contributed by atoms with E-state index in [-0.39, 0.29) is 5.91 Å². The molecular formula is C15H18N4O. The van der Waals surface area contributed by atoms with E-state index >= 15 is 0 Å². The van der Waals surface area contributed by atoms with Crippen LogP contribution in [0.15, 0.2) is 24.3 Å². The van der Waals surface area contributed by atoms with E-state index in [9.17, 15) is 4.79 Å². The molecule has 5 nitrogen and oxygen atoms in total. The predicted molar refractivity (Wildman–Crippen MR) is 75.5 cm³/mol. The SMILES string of the molecule is Cc1ccccc1C(=O)N1CCc2nnc(C)n2CC1. The highest BCUT2D eigenvalue weighted by Gasteiger charge is 2.22. The van der Waals surface area contributed by atoms with E-state index in [1.807, 2.05) is 43.0 Å². The summed E-state index contributed by atoms with van der Waals surface area (Å²) >= 11 is 0. The zero-order valence-electron chi connectivity index (χ0n) is 11.8. The molecule has 0 N–H and O–H groups in total. The highest BCUT2D eigenvalue weighted by atomic mass is 16.2. The lowest BCUT2D eigenvalue weighted by Crippen LogP contribution is -2.34. The maximum absolute atomic E-state index is 12.6. The van der Waals surface area contributed by atoms with E-state index in [2.05, 4.69) is 14.8 Å².